The number of aromatic amines is 1. The minimum absolute atomic E-state index is 0.0313. The Balaban J connectivity index is 1.49. The smallest absolute Gasteiger partial charge is 0.257 e. The zero-order chi connectivity index (χ0) is 20.7. The number of piperazine rings is 2. The number of carbonyl (C=O) groups excluding carboxylic acids is 3. The van der Waals surface area contributed by atoms with Gasteiger partial charge in [0.05, 0.1) is 18.4 Å². The third-order valence-electron chi connectivity index (χ3n) is 5.09. The van der Waals surface area contributed by atoms with Crippen molar-refractivity contribution < 1.29 is 27.6 Å². The highest BCUT2D eigenvalue weighted by Crippen LogP contribution is 2.21. The molecular weight excluding hydrogens is 391 g/mol. The van der Waals surface area contributed by atoms with Gasteiger partial charge < -0.3 is 20.1 Å². The van der Waals surface area contributed by atoms with Crippen molar-refractivity contribution in [2.45, 2.75) is 18.5 Å². The maximum Gasteiger partial charge on any atom is 0.257 e. The highest BCUT2D eigenvalue weighted by molar-refractivity contribution is 5.99. The number of hydrogen-bond acceptors (Lipinski definition) is 4. The number of carbonyl (C=O) groups is 3. The molecule has 2 N–H and O–H groups in total. The molecule has 8 nitrogen and oxygen atoms in total. The Morgan fingerprint density at radius 2 is 1.90 bits per heavy atom. The van der Waals surface area contributed by atoms with Crippen LogP contribution >= 0.6 is 0 Å². The monoisotopic (exact) mass is 407 g/mol. The van der Waals surface area contributed by atoms with E-state index in [1.807, 2.05) is 0 Å². The molecule has 0 radical (unpaired) electrons. The van der Waals surface area contributed by atoms with E-state index in [4.69, 9.17) is 0 Å². The number of nitrogens with one attached hydrogen (secondary N) is 2. The molecule has 2 aliphatic rings. The van der Waals surface area contributed by atoms with Crippen LogP contribution in [0.5, 0.6) is 0 Å². The van der Waals surface area contributed by atoms with Gasteiger partial charge in [0.15, 0.2) is 11.6 Å². The predicted octanol–water partition coefficient (Wildman–Crippen LogP) is 0.221. The third kappa shape index (κ3) is 3.43. The van der Waals surface area contributed by atoms with Crippen LogP contribution in [0.15, 0.2) is 24.7 Å². The highest BCUT2D eigenvalue weighted by Gasteiger charge is 2.44. The normalized spacial score (nSPS) is 21.8. The van der Waals surface area contributed by atoms with Gasteiger partial charge in [-0.05, 0) is 6.07 Å². The van der Waals surface area contributed by atoms with Gasteiger partial charge in [-0.1, -0.05) is 0 Å². The number of aromatic nitrogens is 2. The van der Waals surface area contributed by atoms with Crippen LogP contribution in [-0.2, 0) is 16.0 Å². The van der Waals surface area contributed by atoms with Crippen molar-refractivity contribution in [2.75, 3.05) is 19.6 Å². The summed E-state index contributed by atoms with van der Waals surface area (Å²) in [6.45, 7) is -0.0807. The first-order valence-corrected chi connectivity index (χ1v) is 8.87. The second-order valence-corrected chi connectivity index (χ2v) is 6.89. The van der Waals surface area contributed by atoms with Crippen LogP contribution in [0.2, 0.25) is 0 Å². The summed E-state index contributed by atoms with van der Waals surface area (Å²) in [5, 5.41) is 2.63. The number of imidazole rings is 1. The van der Waals surface area contributed by atoms with E-state index >= 15 is 0 Å². The highest BCUT2D eigenvalue weighted by atomic mass is 19.2. The first-order chi connectivity index (χ1) is 13.8. The summed E-state index contributed by atoms with van der Waals surface area (Å²) in [6, 6.07) is -0.904. The van der Waals surface area contributed by atoms with Crippen molar-refractivity contribution in [3.8, 4) is 0 Å². The van der Waals surface area contributed by atoms with Crippen LogP contribution in [0.1, 0.15) is 16.1 Å². The molecule has 3 heterocycles. The molecule has 1 aromatic heterocycles. The lowest BCUT2D eigenvalue weighted by Gasteiger charge is -2.45. The Labute approximate surface area is 162 Å². The fraction of sp³-hybridized carbons (Fsp3) is 0.333. The number of benzene rings is 1. The van der Waals surface area contributed by atoms with Gasteiger partial charge in [-0.15, -0.1) is 0 Å². The molecule has 4 rings (SSSR count). The van der Waals surface area contributed by atoms with Crippen LogP contribution in [0.4, 0.5) is 13.2 Å². The Morgan fingerprint density at radius 1 is 1.14 bits per heavy atom. The summed E-state index contributed by atoms with van der Waals surface area (Å²) < 4.78 is 40.5. The van der Waals surface area contributed by atoms with Crippen molar-refractivity contribution in [3.63, 3.8) is 0 Å². The van der Waals surface area contributed by atoms with E-state index in [1.54, 1.807) is 6.20 Å². The first kappa shape index (κ1) is 19.0. The molecule has 11 heteroatoms. The topological polar surface area (TPSA) is 98.4 Å². The van der Waals surface area contributed by atoms with Gasteiger partial charge >= 0.3 is 0 Å². The van der Waals surface area contributed by atoms with E-state index in [-0.39, 0.29) is 32.0 Å². The number of H-pyrrole nitrogens is 1. The quantitative estimate of drug-likeness (QED) is 0.712. The lowest BCUT2D eigenvalue weighted by molar-refractivity contribution is -0.152. The van der Waals surface area contributed by atoms with E-state index in [9.17, 15) is 27.6 Å². The van der Waals surface area contributed by atoms with Gasteiger partial charge in [0.2, 0.25) is 11.8 Å². The summed E-state index contributed by atoms with van der Waals surface area (Å²) in [7, 11) is 0. The summed E-state index contributed by atoms with van der Waals surface area (Å²) in [6.07, 6.45) is 3.27. The second kappa shape index (κ2) is 7.22. The largest absolute Gasteiger partial charge is 0.348 e. The Kier molecular flexibility index (Phi) is 4.73. The van der Waals surface area contributed by atoms with Crippen LogP contribution < -0.4 is 5.32 Å². The second-order valence-electron chi connectivity index (χ2n) is 6.89. The number of halogens is 3. The summed E-state index contributed by atoms with van der Waals surface area (Å²) >= 11 is 0. The molecule has 1 aromatic carbocycles. The Morgan fingerprint density at radius 3 is 2.62 bits per heavy atom. The van der Waals surface area contributed by atoms with Crippen LogP contribution in [-0.4, -0.2) is 69.2 Å². The van der Waals surface area contributed by atoms with Gasteiger partial charge in [0.1, 0.15) is 17.9 Å². The molecule has 0 aliphatic carbocycles. The number of hydrogen-bond donors (Lipinski definition) is 2. The molecule has 29 heavy (non-hydrogen) atoms. The zero-order valence-corrected chi connectivity index (χ0v) is 15.0. The summed E-state index contributed by atoms with van der Waals surface area (Å²) in [4.78, 5) is 47.1. The summed E-state index contributed by atoms with van der Waals surface area (Å²) in [5.74, 6) is -5.56. The van der Waals surface area contributed by atoms with Crippen LogP contribution in [0, 0.1) is 17.5 Å². The Hall–Kier alpha value is -3.37. The Bertz CT molecular complexity index is 981. The lowest BCUT2D eigenvalue weighted by Crippen LogP contribution is -2.70. The molecule has 0 spiro atoms. The molecule has 2 aliphatic heterocycles. The molecule has 0 saturated carbocycles. The molecule has 3 amide bonds. The SMILES string of the molecule is O=C1N[C@@H](Cc2cnc[nH]2)C(=O)N2CCN(C(=O)c3cc(F)c(F)cc3F)C[C@H]12. The number of amides is 3. The van der Waals surface area contributed by atoms with E-state index in [1.165, 1.54) is 11.2 Å². The predicted molar refractivity (Wildman–Crippen MR) is 91.9 cm³/mol. The summed E-state index contributed by atoms with van der Waals surface area (Å²) in [5.41, 5.74) is 0.0572. The minimum Gasteiger partial charge on any atom is -0.348 e. The average Bonchev–Trinajstić information content (AvgIpc) is 3.21. The maximum absolute atomic E-state index is 13.9. The fourth-order valence-electron chi connectivity index (χ4n) is 3.60. The van der Waals surface area contributed by atoms with E-state index in [0.717, 1.165) is 4.90 Å². The molecule has 2 fully saturated rings. The minimum atomic E-state index is -1.40. The molecule has 152 valence electrons. The van der Waals surface area contributed by atoms with Gasteiger partial charge in [-0.25, -0.2) is 18.2 Å². The average molecular weight is 407 g/mol. The van der Waals surface area contributed by atoms with Crippen molar-refractivity contribution >= 4 is 17.7 Å². The van der Waals surface area contributed by atoms with Crippen LogP contribution in [0.3, 0.4) is 0 Å². The van der Waals surface area contributed by atoms with E-state index in [0.29, 0.717) is 17.8 Å². The zero-order valence-electron chi connectivity index (χ0n) is 15.0. The molecule has 0 bridgehead atoms. The van der Waals surface area contributed by atoms with Crippen LogP contribution in [0.25, 0.3) is 0 Å². The molecule has 0 unspecified atom stereocenters. The van der Waals surface area contributed by atoms with Gasteiger partial charge in [-0.3, -0.25) is 14.4 Å². The van der Waals surface area contributed by atoms with Gasteiger partial charge in [-0.2, -0.15) is 0 Å². The van der Waals surface area contributed by atoms with Gasteiger partial charge in [0, 0.05) is 37.5 Å². The fourth-order valence-corrected chi connectivity index (χ4v) is 3.60. The maximum atomic E-state index is 13.9. The number of nitrogens with zero attached hydrogens (tertiary/aromatic N) is 3. The molecule has 2 saturated heterocycles. The molecular formula is C18H16F3N5O3. The standard InChI is InChI=1S/C18H16F3N5O3/c19-11-5-13(21)12(20)4-10(11)17(28)25-1-2-26-15(7-25)16(27)24-14(18(26)29)3-9-6-22-8-23-9/h4-6,8,14-15H,1-3,7H2,(H,22,23)(H,24,27)/t14-,15+/m0/s1. The van der Waals surface area contributed by atoms with E-state index in [2.05, 4.69) is 15.3 Å². The number of rotatable bonds is 3. The first-order valence-electron chi connectivity index (χ1n) is 8.87. The van der Waals surface area contributed by atoms with Crippen molar-refractivity contribution in [2.24, 2.45) is 0 Å². The lowest BCUT2D eigenvalue weighted by atomic mass is 10.0. The third-order valence-corrected chi connectivity index (χ3v) is 5.09. The molecule has 2 atom stereocenters. The number of fused-ring (bicyclic) bond motifs is 1. The van der Waals surface area contributed by atoms with Crippen molar-refractivity contribution in [1.82, 2.24) is 25.1 Å². The van der Waals surface area contributed by atoms with Gasteiger partial charge in [0.25, 0.3) is 5.91 Å². The molecule has 2 aromatic rings. The van der Waals surface area contributed by atoms with Crippen molar-refractivity contribution in [3.05, 3.63) is 53.4 Å². The van der Waals surface area contributed by atoms with Crippen molar-refractivity contribution in [1.29, 1.82) is 0 Å². The van der Waals surface area contributed by atoms with E-state index < -0.39 is 46.9 Å².